The number of aliphatic hydroxyl groups excluding tert-OH is 1. The highest BCUT2D eigenvalue weighted by Gasteiger charge is 2.40. The molecule has 1 aliphatic heterocycles. The molecular weight excluding hydrogens is 260 g/mol. The van der Waals surface area contributed by atoms with Crippen LogP contribution in [0.5, 0.6) is 0 Å². The van der Waals surface area contributed by atoms with Crippen LogP contribution in [0.15, 0.2) is 37.1 Å². The Labute approximate surface area is 125 Å². The average Bonchev–Trinajstić information content (AvgIpc) is 2.93. The number of hydrogen-bond acceptors (Lipinski definition) is 2. The Kier molecular flexibility index (Phi) is 3.12. The molecule has 1 fully saturated rings. The van der Waals surface area contributed by atoms with Crippen molar-refractivity contribution in [1.29, 1.82) is 0 Å². The number of rotatable bonds is 3. The summed E-state index contributed by atoms with van der Waals surface area (Å²) in [5.74, 6) is 0.907. The Bertz CT molecular complexity index is 675. The van der Waals surface area contributed by atoms with Crippen molar-refractivity contribution in [1.82, 2.24) is 9.88 Å². The van der Waals surface area contributed by atoms with Gasteiger partial charge in [0.2, 0.25) is 0 Å². The fourth-order valence-electron chi connectivity index (χ4n) is 4.41. The summed E-state index contributed by atoms with van der Waals surface area (Å²) in [6.07, 6.45) is 6.37. The summed E-state index contributed by atoms with van der Waals surface area (Å²) in [4.78, 5) is 5.92. The topological polar surface area (TPSA) is 39.3 Å². The standard InChI is InChI=1S/C18H22N2O/c1-2-6-20-10-12(11-21)7-15-14-4-3-5-16-18(14)13(9-19-16)8-17(15)20/h2-5,9,12,15,17,19,21H,1,6-8,10-11H2/t12?,15-,17-/m1/s1. The quantitative estimate of drug-likeness (QED) is 0.850. The third-order valence-electron chi connectivity index (χ3n) is 5.28. The highest BCUT2D eigenvalue weighted by molar-refractivity contribution is 5.88. The van der Waals surface area contributed by atoms with Crippen LogP contribution in [0.2, 0.25) is 0 Å². The zero-order valence-electron chi connectivity index (χ0n) is 12.3. The lowest BCUT2D eigenvalue weighted by molar-refractivity contribution is 0.0660. The number of fused-ring (bicyclic) bond motifs is 2. The predicted octanol–water partition coefficient (Wildman–Crippen LogP) is 2.68. The Morgan fingerprint density at radius 3 is 3.14 bits per heavy atom. The van der Waals surface area contributed by atoms with Gasteiger partial charge in [0.1, 0.15) is 0 Å². The van der Waals surface area contributed by atoms with Gasteiger partial charge in [-0.15, -0.1) is 6.58 Å². The van der Waals surface area contributed by atoms with Gasteiger partial charge in [-0.3, -0.25) is 4.90 Å². The van der Waals surface area contributed by atoms with E-state index >= 15 is 0 Å². The Morgan fingerprint density at radius 2 is 2.33 bits per heavy atom. The molecule has 2 aromatic rings. The molecule has 1 saturated heterocycles. The average molecular weight is 282 g/mol. The van der Waals surface area contributed by atoms with Gasteiger partial charge in [-0.2, -0.15) is 0 Å². The number of aromatic amines is 1. The van der Waals surface area contributed by atoms with Crippen molar-refractivity contribution in [3.8, 4) is 0 Å². The molecule has 1 unspecified atom stereocenters. The van der Waals surface area contributed by atoms with Crippen molar-refractivity contribution in [3.63, 3.8) is 0 Å². The number of aromatic nitrogens is 1. The van der Waals surface area contributed by atoms with E-state index in [2.05, 4.69) is 40.9 Å². The normalized spacial score (nSPS) is 28.5. The van der Waals surface area contributed by atoms with Gasteiger partial charge in [0.15, 0.2) is 0 Å². The summed E-state index contributed by atoms with van der Waals surface area (Å²) in [6.45, 7) is 6.09. The first kappa shape index (κ1) is 13.1. The van der Waals surface area contributed by atoms with E-state index in [0.29, 0.717) is 17.9 Å². The minimum Gasteiger partial charge on any atom is -0.396 e. The smallest absolute Gasteiger partial charge is 0.0471 e. The molecule has 21 heavy (non-hydrogen) atoms. The van der Waals surface area contributed by atoms with E-state index in [1.54, 1.807) is 0 Å². The van der Waals surface area contributed by atoms with E-state index in [0.717, 1.165) is 25.9 Å². The molecule has 1 aliphatic carbocycles. The molecule has 3 heteroatoms. The molecule has 0 amide bonds. The third kappa shape index (κ3) is 1.95. The van der Waals surface area contributed by atoms with Crippen LogP contribution in [0, 0.1) is 5.92 Å². The molecule has 0 bridgehead atoms. The first-order chi connectivity index (χ1) is 10.3. The molecule has 0 saturated carbocycles. The van der Waals surface area contributed by atoms with Crippen LogP contribution in [0.3, 0.4) is 0 Å². The van der Waals surface area contributed by atoms with E-state index in [1.807, 2.05) is 6.08 Å². The molecule has 1 aromatic heterocycles. The minimum atomic E-state index is 0.285. The number of nitrogens with one attached hydrogen (secondary N) is 1. The number of nitrogens with zero attached hydrogens (tertiary/aromatic N) is 1. The SMILES string of the molecule is C=CCN1CC(CO)C[C@@H]2c3cccc4[nH]cc(c34)C[C@H]21. The third-order valence-corrected chi connectivity index (χ3v) is 5.28. The van der Waals surface area contributed by atoms with Gasteiger partial charge in [0, 0.05) is 48.8 Å². The maximum absolute atomic E-state index is 9.66. The zero-order chi connectivity index (χ0) is 14.4. The van der Waals surface area contributed by atoms with Crippen LogP contribution < -0.4 is 0 Å². The van der Waals surface area contributed by atoms with Crippen LogP contribution in [0.25, 0.3) is 10.9 Å². The molecule has 1 aromatic carbocycles. The molecule has 2 N–H and O–H groups in total. The summed E-state index contributed by atoms with van der Waals surface area (Å²) in [5.41, 5.74) is 4.16. The van der Waals surface area contributed by atoms with Gasteiger partial charge in [0.25, 0.3) is 0 Å². The van der Waals surface area contributed by atoms with Gasteiger partial charge < -0.3 is 10.1 Å². The Hall–Kier alpha value is -1.58. The lowest BCUT2D eigenvalue weighted by Crippen LogP contribution is -2.50. The first-order valence-corrected chi connectivity index (χ1v) is 7.86. The Morgan fingerprint density at radius 1 is 1.43 bits per heavy atom. The van der Waals surface area contributed by atoms with E-state index in [4.69, 9.17) is 0 Å². The van der Waals surface area contributed by atoms with Crippen LogP contribution in [-0.2, 0) is 6.42 Å². The number of piperidine rings is 1. The number of hydrogen-bond donors (Lipinski definition) is 2. The molecule has 110 valence electrons. The molecule has 3 atom stereocenters. The lowest BCUT2D eigenvalue weighted by atomic mass is 9.72. The lowest BCUT2D eigenvalue weighted by Gasteiger charge is -2.46. The summed E-state index contributed by atoms with van der Waals surface area (Å²) in [7, 11) is 0. The fourth-order valence-corrected chi connectivity index (χ4v) is 4.41. The van der Waals surface area contributed by atoms with Crippen LogP contribution >= 0.6 is 0 Å². The van der Waals surface area contributed by atoms with Crippen LogP contribution in [0.1, 0.15) is 23.5 Å². The Balaban J connectivity index is 1.81. The predicted molar refractivity (Wildman–Crippen MR) is 85.5 cm³/mol. The number of benzene rings is 1. The molecular formula is C18H22N2O. The summed E-state index contributed by atoms with van der Waals surface area (Å²) < 4.78 is 0. The zero-order valence-corrected chi connectivity index (χ0v) is 12.3. The van der Waals surface area contributed by atoms with E-state index < -0.39 is 0 Å². The maximum atomic E-state index is 9.66. The number of H-pyrrole nitrogens is 1. The molecule has 0 radical (unpaired) electrons. The van der Waals surface area contributed by atoms with E-state index in [-0.39, 0.29) is 6.61 Å². The summed E-state index contributed by atoms with van der Waals surface area (Å²) in [6, 6.07) is 7.14. The summed E-state index contributed by atoms with van der Waals surface area (Å²) >= 11 is 0. The van der Waals surface area contributed by atoms with Crippen molar-refractivity contribution in [2.75, 3.05) is 19.7 Å². The van der Waals surface area contributed by atoms with Crippen LogP contribution in [0.4, 0.5) is 0 Å². The second-order valence-electron chi connectivity index (χ2n) is 6.49. The minimum absolute atomic E-state index is 0.285. The van der Waals surface area contributed by atoms with E-state index in [9.17, 15) is 5.11 Å². The van der Waals surface area contributed by atoms with Crippen molar-refractivity contribution in [2.24, 2.45) is 5.92 Å². The number of likely N-dealkylation sites (tertiary alicyclic amines) is 1. The molecule has 2 heterocycles. The molecule has 4 rings (SSSR count). The van der Waals surface area contributed by atoms with Crippen molar-refractivity contribution in [3.05, 3.63) is 48.2 Å². The molecule has 3 nitrogen and oxygen atoms in total. The molecule has 2 aliphatic rings. The van der Waals surface area contributed by atoms with Crippen molar-refractivity contribution in [2.45, 2.75) is 24.8 Å². The number of aliphatic hydroxyl groups is 1. The fraction of sp³-hybridized carbons (Fsp3) is 0.444. The monoisotopic (exact) mass is 282 g/mol. The highest BCUT2D eigenvalue weighted by atomic mass is 16.3. The van der Waals surface area contributed by atoms with Crippen molar-refractivity contribution < 1.29 is 5.11 Å². The second-order valence-corrected chi connectivity index (χ2v) is 6.49. The molecule has 0 spiro atoms. The first-order valence-electron chi connectivity index (χ1n) is 7.86. The van der Waals surface area contributed by atoms with Gasteiger partial charge >= 0.3 is 0 Å². The van der Waals surface area contributed by atoms with Gasteiger partial charge in [-0.25, -0.2) is 0 Å². The van der Waals surface area contributed by atoms with E-state index in [1.165, 1.54) is 22.0 Å². The van der Waals surface area contributed by atoms with Gasteiger partial charge in [-0.1, -0.05) is 18.2 Å². The highest BCUT2D eigenvalue weighted by Crippen LogP contribution is 2.44. The van der Waals surface area contributed by atoms with Gasteiger partial charge in [0.05, 0.1) is 0 Å². The summed E-state index contributed by atoms with van der Waals surface area (Å²) in [5, 5.41) is 11.1. The van der Waals surface area contributed by atoms with Crippen LogP contribution in [-0.4, -0.2) is 40.7 Å². The van der Waals surface area contributed by atoms with Crippen molar-refractivity contribution >= 4 is 10.9 Å². The second kappa shape index (κ2) is 5.00. The van der Waals surface area contributed by atoms with Gasteiger partial charge in [-0.05, 0) is 36.0 Å². The maximum Gasteiger partial charge on any atom is 0.0471 e. The largest absolute Gasteiger partial charge is 0.396 e.